The van der Waals surface area contributed by atoms with Crippen molar-refractivity contribution in [2.75, 3.05) is 6.61 Å². The van der Waals surface area contributed by atoms with Gasteiger partial charge in [0.05, 0.1) is 10.8 Å². The molecule has 1 saturated heterocycles. The highest BCUT2D eigenvalue weighted by Crippen LogP contribution is 2.38. The van der Waals surface area contributed by atoms with E-state index in [1.165, 1.54) is 30.3 Å². The molecule has 1 aliphatic heterocycles. The number of phenolic OH excluding ortho intramolecular Hbond substituents is 2. The molecule has 1 aromatic heterocycles. The Morgan fingerprint density at radius 3 is 2.41 bits per heavy atom. The van der Waals surface area contributed by atoms with Gasteiger partial charge in [-0.25, -0.2) is 4.79 Å². The summed E-state index contributed by atoms with van der Waals surface area (Å²) in [6, 6.07) is 12.0. The van der Waals surface area contributed by atoms with E-state index in [1.54, 1.807) is 38.1 Å². The molecule has 0 spiro atoms. The first-order valence-corrected chi connectivity index (χ1v) is 12.7. The first-order valence-electron chi connectivity index (χ1n) is 12.7. The maximum atomic E-state index is 12.5. The van der Waals surface area contributed by atoms with Crippen LogP contribution in [0.3, 0.4) is 0 Å². The molecule has 3 aromatic carbocycles. The molecule has 5 atom stereocenters. The Kier molecular flexibility index (Phi) is 7.70. The van der Waals surface area contributed by atoms with Crippen molar-refractivity contribution in [3.8, 4) is 17.2 Å². The standard InChI is InChI=1S/C30H28O11/c1-14-9-17-11-19(12-21(33)25(17)29-24(14)20(32)10-15(2)39-29)40-30-28(37)27(36)26(35)22(41-30)13-38-23(34)8-5-16-3-6-18(31)7-4-16/h3-12,22,26-28,30-31,33,35-37H,13H2,1-2H3/t22-,26-,27-,28+,30+/m1/s1. The number of aromatic hydroxyl groups is 2. The summed E-state index contributed by atoms with van der Waals surface area (Å²) in [6.07, 6.45) is -5.10. The lowest BCUT2D eigenvalue weighted by molar-refractivity contribution is -0.278. The molecule has 2 heterocycles. The zero-order valence-electron chi connectivity index (χ0n) is 22.1. The number of hydrogen-bond acceptors (Lipinski definition) is 11. The van der Waals surface area contributed by atoms with Crippen LogP contribution in [0.25, 0.3) is 27.8 Å². The van der Waals surface area contributed by atoms with Gasteiger partial charge in [-0.3, -0.25) is 4.79 Å². The third-order valence-corrected chi connectivity index (χ3v) is 6.80. The number of ether oxygens (including phenoxy) is 3. The Labute approximate surface area is 233 Å². The normalized spacial score (nSPS) is 22.8. The number of aryl methyl sites for hydroxylation is 2. The van der Waals surface area contributed by atoms with Crippen LogP contribution in [0.1, 0.15) is 16.9 Å². The number of aliphatic hydroxyl groups is 3. The molecule has 0 aliphatic carbocycles. The average molecular weight is 565 g/mol. The van der Waals surface area contributed by atoms with Gasteiger partial charge in [-0.15, -0.1) is 0 Å². The molecule has 0 radical (unpaired) electrons. The fraction of sp³-hybridized carbons (Fsp3) is 0.267. The third-order valence-electron chi connectivity index (χ3n) is 6.80. The van der Waals surface area contributed by atoms with E-state index in [-0.39, 0.29) is 28.3 Å². The van der Waals surface area contributed by atoms with Crippen molar-refractivity contribution < 1.29 is 49.0 Å². The Morgan fingerprint density at radius 2 is 1.68 bits per heavy atom. The van der Waals surface area contributed by atoms with Crippen molar-refractivity contribution in [3.63, 3.8) is 0 Å². The SMILES string of the molecule is Cc1cc(=O)c2c(C)cc3cc(O[C@H]4O[C@H](COC(=O)C=Cc5ccc(O)cc5)[C@@H](O)[C@@H](O)[C@@H]4O)cc(O)c3c2o1. The largest absolute Gasteiger partial charge is 0.508 e. The predicted molar refractivity (Wildman–Crippen MR) is 147 cm³/mol. The molecular weight excluding hydrogens is 536 g/mol. The molecule has 214 valence electrons. The molecule has 5 N–H and O–H groups in total. The minimum absolute atomic E-state index is 0.0592. The van der Waals surface area contributed by atoms with Gasteiger partial charge in [-0.1, -0.05) is 18.2 Å². The summed E-state index contributed by atoms with van der Waals surface area (Å²) in [5.41, 5.74) is 1.24. The lowest BCUT2D eigenvalue weighted by atomic mass is 9.99. The summed E-state index contributed by atoms with van der Waals surface area (Å²) in [5.74, 6) is -0.493. The Hall–Kier alpha value is -4.42. The van der Waals surface area contributed by atoms with Crippen molar-refractivity contribution in [2.45, 2.75) is 44.6 Å². The minimum atomic E-state index is -1.69. The monoisotopic (exact) mass is 564 g/mol. The zero-order chi connectivity index (χ0) is 29.4. The summed E-state index contributed by atoms with van der Waals surface area (Å²) in [5, 5.41) is 52.6. The summed E-state index contributed by atoms with van der Waals surface area (Å²) < 4.78 is 22.3. The van der Waals surface area contributed by atoms with Crippen molar-refractivity contribution in [3.05, 3.63) is 81.7 Å². The maximum absolute atomic E-state index is 12.5. The van der Waals surface area contributed by atoms with E-state index in [0.29, 0.717) is 33.0 Å². The number of hydrogen-bond donors (Lipinski definition) is 5. The van der Waals surface area contributed by atoms with Crippen molar-refractivity contribution in [1.82, 2.24) is 0 Å². The first-order chi connectivity index (χ1) is 19.5. The van der Waals surface area contributed by atoms with E-state index < -0.39 is 43.3 Å². The molecule has 0 amide bonds. The summed E-state index contributed by atoms with van der Waals surface area (Å²) in [7, 11) is 0. The number of fused-ring (bicyclic) bond motifs is 3. The van der Waals surface area contributed by atoms with Gasteiger partial charge in [0, 0.05) is 18.2 Å². The first kappa shape index (κ1) is 28.1. The Bertz CT molecular complexity index is 1690. The van der Waals surface area contributed by atoms with Crippen LogP contribution in [-0.2, 0) is 14.3 Å². The fourth-order valence-corrected chi connectivity index (χ4v) is 4.76. The number of benzene rings is 3. The third kappa shape index (κ3) is 5.74. The molecule has 5 rings (SSSR count). The van der Waals surface area contributed by atoms with Crippen molar-refractivity contribution in [1.29, 1.82) is 0 Å². The minimum Gasteiger partial charge on any atom is -0.508 e. The van der Waals surface area contributed by atoms with Crippen molar-refractivity contribution in [2.24, 2.45) is 0 Å². The number of carbonyl (C=O) groups is 1. The van der Waals surface area contributed by atoms with Gasteiger partial charge in [-0.2, -0.15) is 0 Å². The molecule has 4 aromatic rings. The van der Waals surface area contributed by atoms with Crippen molar-refractivity contribution >= 4 is 33.8 Å². The highest BCUT2D eigenvalue weighted by molar-refractivity contribution is 6.09. The second-order valence-corrected chi connectivity index (χ2v) is 9.85. The van der Waals surface area contributed by atoms with Gasteiger partial charge in [-0.05, 0) is 54.6 Å². The summed E-state index contributed by atoms with van der Waals surface area (Å²) in [6.45, 7) is 2.90. The Morgan fingerprint density at radius 1 is 0.951 bits per heavy atom. The van der Waals surface area contributed by atoms with E-state index in [2.05, 4.69) is 0 Å². The molecular formula is C30H28O11. The molecule has 0 bridgehead atoms. The van der Waals surface area contributed by atoms with E-state index >= 15 is 0 Å². The van der Waals surface area contributed by atoms with Gasteiger partial charge in [0.1, 0.15) is 59.6 Å². The quantitative estimate of drug-likeness (QED) is 0.132. The molecule has 41 heavy (non-hydrogen) atoms. The van der Waals surface area contributed by atoms with Gasteiger partial charge in [0.25, 0.3) is 0 Å². The highest BCUT2D eigenvalue weighted by Gasteiger charge is 2.45. The average Bonchev–Trinajstić information content (AvgIpc) is 2.91. The number of esters is 1. The predicted octanol–water partition coefficient (Wildman–Crippen LogP) is 2.42. The smallest absolute Gasteiger partial charge is 0.330 e. The second kappa shape index (κ2) is 11.2. The van der Waals surface area contributed by atoms with Gasteiger partial charge < -0.3 is 44.2 Å². The Balaban J connectivity index is 1.33. The summed E-state index contributed by atoms with van der Waals surface area (Å²) in [4.78, 5) is 24.7. The molecule has 1 fully saturated rings. The van der Waals surface area contributed by atoms with Crippen LogP contribution >= 0.6 is 0 Å². The number of aliphatic hydroxyl groups excluding tert-OH is 3. The highest BCUT2D eigenvalue weighted by atomic mass is 16.7. The van der Waals surface area contributed by atoms with E-state index in [4.69, 9.17) is 18.6 Å². The lowest BCUT2D eigenvalue weighted by Crippen LogP contribution is -2.60. The fourth-order valence-electron chi connectivity index (χ4n) is 4.76. The topological polar surface area (TPSA) is 176 Å². The van der Waals surface area contributed by atoms with Crippen LogP contribution in [0.4, 0.5) is 0 Å². The van der Waals surface area contributed by atoms with Crippen LogP contribution in [-0.4, -0.2) is 68.8 Å². The molecule has 1 aliphatic rings. The molecule has 11 heteroatoms. The van der Waals surface area contributed by atoms with E-state index in [9.17, 15) is 35.1 Å². The van der Waals surface area contributed by atoms with E-state index in [0.717, 1.165) is 6.08 Å². The number of carbonyl (C=O) groups excluding carboxylic acids is 1. The second-order valence-electron chi connectivity index (χ2n) is 9.85. The molecule has 0 unspecified atom stereocenters. The van der Waals surface area contributed by atoms with Gasteiger partial charge in [0.15, 0.2) is 5.43 Å². The van der Waals surface area contributed by atoms with Crippen LogP contribution in [0.15, 0.2) is 63.8 Å². The van der Waals surface area contributed by atoms with Crippen LogP contribution in [0.2, 0.25) is 0 Å². The number of phenols is 2. The van der Waals surface area contributed by atoms with E-state index in [1.807, 2.05) is 0 Å². The van der Waals surface area contributed by atoms with Gasteiger partial charge >= 0.3 is 5.97 Å². The number of rotatable bonds is 6. The lowest BCUT2D eigenvalue weighted by Gasteiger charge is -2.39. The van der Waals surface area contributed by atoms with Crippen LogP contribution < -0.4 is 10.2 Å². The molecule has 11 nitrogen and oxygen atoms in total. The van der Waals surface area contributed by atoms with Gasteiger partial charge in [0.2, 0.25) is 6.29 Å². The maximum Gasteiger partial charge on any atom is 0.330 e. The van der Waals surface area contributed by atoms with Crippen LogP contribution in [0, 0.1) is 13.8 Å². The zero-order valence-corrected chi connectivity index (χ0v) is 22.1. The van der Waals surface area contributed by atoms with Crippen LogP contribution in [0.5, 0.6) is 17.2 Å². The summed E-state index contributed by atoms with van der Waals surface area (Å²) >= 11 is 0. The molecule has 0 saturated carbocycles.